The van der Waals surface area contributed by atoms with Gasteiger partial charge < -0.3 is 16.0 Å². The van der Waals surface area contributed by atoms with E-state index < -0.39 is 10.0 Å². The van der Waals surface area contributed by atoms with Crippen molar-refractivity contribution in [2.24, 2.45) is 4.99 Å². The number of carbonyl (C=O) groups is 1. The number of halogens is 1. The largest absolute Gasteiger partial charge is 0.355 e. The van der Waals surface area contributed by atoms with Gasteiger partial charge in [0, 0.05) is 45.8 Å². The van der Waals surface area contributed by atoms with Crippen LogP contribution in [0.1, 0.15) is 26.2 Å². The Labute approximate surface area is 200 Å². The first-order valence-corrected chi connectivity index (χ1v) is 12.3. The molecule has 0 spiro atoms. The van der Waals surface area contributed by atoms with Gasteiger partial charge in [0.15, 0.2) is 5.96 Å². The average Bonchev–Trinajstić information content (AvgIpc) is 3.26. The van der Waals surface area contributed by atoms with E-state index in [9.17, 15) is 13.2 Å². The number of likely N-dealkylation sites (tertiary alicyclic amines) is 1. The number of aliphatic imine (C=N–C) groups is 1. The van der Waals surface area contributed by atoms with E-state index in [0.717, 1.165) is 38.9 Å². The van der Waals surface area contributed by atoms with E-state index in [1.54, 1.807) is 24.6 Å². The Morgan fingerprint density at radius 1 is 1.23 bits per heavy atom. The van der Waals surface area contributed by atoms with Crippen molar-refractivity contribution < 1.29 is 13.2 Å². The van der Waals surface area contributed by atoms with Crippen molar-refractivity contribution in [3.63, 3.8) is 0 Å². The first-order valence-electron chi connectivity index (χ1n) is 9.94. The van der Waals surface area contributed by atoms with Crippen LogP contribution in [0, 0.1) is 0 Å². The van der Waals surface area contributed by atoms with Crippen LogP contribution in [0.5, 0.6) is 0 Å². The van der Waals surface area contributed by atoms with Gasteiger partial charge >= 0.3 is 0 Å². The van der Waals surface area contributed by atoms with Crippen LogP contribution >= 0.6 is 35.3 Å². The van der Waals surface area contributed by atoms with Crippen molar-refractivity contribution in [2.75, 3.05) is 46.3 Å². The Morgan fingerprint density at radius 2 is 1.97 bits per heavy atom. The average molecular weight is 573 g/mol. The number of hydrogen-bond acceptors (Lipinski definition) is 6. The Hall–Kier alpha value is -0.960. The molecule has 0 saturated carbocycles. The number of nitrogens with one attached hydrogen (secondary N) is 4. The zero-order valence-corrected chi connectivity index (χ0v) is 21.5. The Balaban J connectivity index is 0.00000450. The van der Waals surface area contributed by atoms with Gasteiger partial charge in [0.2, 0.25) is 15.9 Å². The third-order valence-electron chi connectivity index (χ3n) is 4.56. The molecular formula is C18H33IN6O3S2. The molecule has 0 unspecified atom stereocenters. The predicted molar refractivity (Wildman–Crippen MR) is 132 cm³/mol. The van der Waals surface area contributed by atoms with E-state index in [4.69, 9.17) is 0 Å². The highest BCUT2D eigenvalue weighted by molar-refractivity contribution is 14.0. The number of piperidine rings is 1. The van der Waals surface area contributed by atoms with Crippen LogP contribution in [0.3, 0.4) is 0 Å². The van der Waals surface area contributed by atoms with E-state index in [0.29, 0.717) is 23.3 Å². The fourth-order valence-corrected chi connectivity index (χ4v) is 5.07. The predicted octanol–water partition coefficient (Wildman–Crippen LogP) is 0.800. The zero-order chi connectivity index (χ0) is 21.1. The van der Waals surface area contributed by atoms with Gasteiger partial charge in [-0.05, 0) is 30.7 Å². The molecular weight excluding hydrogens is 539 g/mol. The summed E-state index contributed by atoms with van der Waals surface area (Å²) in [6, 6.07) is 3.58. The highest BCUT2D eigenvalue weighted by Crippen LogP contribution is 2.14. The summed E-state index contributed by atoms with van der Waals surface area (Å²) in [6.45, 7) is 5.63. The molecule has 2 heterocycles. The van der Waals surface area contributed by atoms with Crippen molar-refractivity contribution in [1.82, 2.24) is 25.6 Å². The second-order valence-electron chi connectivity index (χ2n) is 6.87. The summed E-state index contributed by atoms with van der Waals surface area (Å²) < 4.78 is 27.1. The maximum atomic E-state index is 12.1. The molecule has 172 valence electrons. The molecule has 0 radical (unpaired) electrons. The van der Waals surface area contributed by atoms with Crippen LogP contribution < -0.4 is 20.7 Å². The summed E-state index contributed by atoms with van der Waals surface area (Å²) in [4.78, 5) is 18.2. The van der Waals surface area contributed by atoms with Crippen LogP contribution in [-0.4, -0.2) is 77.5 Å². The first-order chi connectivity index (χ1) is 13.9. The topological polar surface area (TPSA) is 115 Å². The quantitative estimate of drug-likeness (QED) is 0.143. The van der Waals surface area contributed by atoms with E-state index in [1.165, 1.54) is 11.3 Å². The molecule has 0 bridgehead atoms. The molecule has 1 fully saturated rings. The molecule has 1 aliphatic heterocycles. The van der Waals surface area contributed by atoms with Gasteiger partial charge in [-0.1, -0.05) is 13.0 Å². The lowest BCUT2D eigenvalue weighted by molar-refractivity contribution is -0.122. The fourth-order valence-electron chi connectivity index (χ4n) is 3.00. The lowest BCUT2D eigenvalue weighted by atomic mass is 10.1. The number of amides is 1. The number of hydrogen-bond donors (Lipinski definition) is 4. The van der Waals surface area contributed by atoms with Crippen molar-refractivity contribution in [3.05, 3.63) is 17.5 Å². The Kier molecular flexibility index (Phi) is 12.8. The van der Waals surface area contributed by atoms with Crippen molar-refractivity contribution in [3.8, 4) is 0 Å². The molecule has 12 heteroatoms. The molecule has 4 N–H and O–H groups in total. The van der Waals surface area contributed by atoms with Crippen LogP contribution in [-0.2, 0) is 14.8 Å². The van der Waals surface area contributed by atoms with Crippen LogP contribution in [0.15, 0.2) is 26.7 Å². The molecule has 1 saturated heterocycles. The lowest BCUT2D eigenvalue weighted by Crippen LogP contribution is -2.50. The summed E-state index contributed by atoms with van der Waals surface area (Å²) in [5, 5.41) is 11.2. The monoisotopic (exact) mass is 572 g/mol. The minimum atomic E-state index is -3.44. The third kappa shape index (κ3) is 9.45. The van der Waals surface area contributed by atoms with E-state index in [-0.39, 0.29) is 42.5 Å². The number of thiophene rings is 1. The van der Waals surface area contributed by atoms with Gasteiger partial charge in [-0.3, -0.25) is 14.7 Å². The number of carbonyl (C=O) groups excluding carboxylic acids is 1. The van der Waals surface area contributed by atoms with E-state index in [1.807, 2.05) is 6.92 Å². The van der Waals surface area contributed by atoms with Crippen LogP contribution in [0.2, 0.25) is 0 Å². The zero-order valence-electron chi connectivity index (χ0n) is 17.5. The second kappa shape index (κ2) is 14.2. The van der Waals surface area contributed by atoms with Crippen molar-refractivity contribution in [2.45, 2.75) is 36.4 Å². The van der Waals surface area contributed by atoms with Gasteiger partial charge in [-0.25, -0.2) is 13.1 Å². The summed E-state index contributed by atoms with van der Waals surface area (Å²) in [5.74, 6) is 0.736. The van der Waals surface area contributed by atoms with Crippen LogP contribution in [0.4, 0.5) is 0 Å². The maximum absolute atomic E-state index is 12.1. The molecule has 1 aromatic heterocycles. The van der Waals surface area contributed by atoms with Crippen LogP contribution in [0.25, 0.3) is 0 Å². The lowest BCUT2D eigenvalue weighted by Gasteiger charge is -2.32. The van der Waals surface area contributed by atoms with Gasteiger partial charge in [0.05, 0.1) is 6.54 Å². The fraction of sp³-hybridized carbons (Fsp3) is 0.667. The highest BCUT2D eigenvalue weighted by Gasteiger charge is 2.21. The summed E-state index contributed by atoms with van der Waals surface area (Å²) >= 11 is 1.19. The van der Waals surface area contributed by atoms with Crippen molar-refractivity contribution >= 4 is 57.2 Å². The minimum absolute atomic E-state index is 0. The smallest absolute Gasteiger partial charge is 0.250 e. The first kappa shape index (κ1) is 27.1. The molecule has 0 aromatic carbocycles. The molecule has 9 nitrogen and oxygen atoms in total. The standard InChI is InChI=1S/C18H32N6O3S2.HI/c1-3-8-20-16(25)14-24-11-6-15(7-12-24)23-18(19-2)21-9-10-22-29(26,27)17-5-4-13-28-17;/h4-5,13,15,22H,3,6-12,14H2,1-2H3,(H,20,25)(H2,19,21,23);1H. The highest BCUT2D eigenvalue weighted by atomic mass is 127. The number of rotatable bonds is 10. The molecule has 1 amide bonds. The van der Waals surface area contributed by atoms with E-state index >= 15 is 0 Å². The Morgan fingerprint density at radius 3 is 2.57 bits per heavy atom. The molecule has 2 rings (SSSR count). The Bertz CT molecular complexity index is 750. The van der Waals surface area contributed by atoms with Gasteiger partial charge in [-0.15, -0.1) is 35.3 Å². The molecule has 1 aromatic rings. The van der Waals surface area contributed by atoms with Gasteiger partial charge in [0.25, 0.3) is 0 Å². The summed E-state index contributed by atoms with van der Waals surface area (Å²) in [7, 11) is -1.75. The summed E-state index contributed by atoms with van der Waals surface area (Å²) in [6.07, 6.45) is 2.79. The summed E-state index contributed by atoms with van der Waals surface area (Å²) in [5.41, 5.74) is 0. The molecule has 30 heavy (non-hydrogen) atoms. The molecule has 0 aliphatic carbocycles. The van der Waals surface area contributed by atoms with Gasteiger partial charge in [-0.2, -0.15) is 0 Å². The minimum Gasteiger partial charge on any atom is -0.355 e. The van der Waals surface area contributed by atoms with Gasteiger partial charge in [0.1, 0.15) is 4.21 Å². The normalized spacial score (nSPS) is 16.0. The second-order valence-corrected chi connectivity index (χ2v) is 9.82. The molecule has 1 aliphatic rings. The van der Waals surface area contributed by atoms with Crippen molar-refractivity contribution in [1.29, 1.82) is 0 Å². The SMILES string of the molecule is CCCNC(=O)CN1CCC(NC(=NC)NCCNS(=O)(=O)c2cccs2)CC1.I. The number of nitrogens with zero attached hydrogens (tertiary/aromatic N) is 2. The maximum Gasteiger partial charge on any atom is 0.250 e. The number of guanidine groups is 1. The number of sulfonamides is 1. The van der Waals surface area contributed by atoms with E-state index in [2.05, 4.69) is 30.6 Å². The molecule has 0 atom stereocenters. The third-order valence-corrected chi connectivity index (χ3v) is 7.42.